The van der Waals surface area contributed by atoms with Crippen molar-refractivity contribution in [2.75, 3.05) is 0 Å². The quantitative estimate of drug-likeness (QED) is 0.899. The lowest BCUT2D eigenvalue weighted by Crippen LogP contribution is -1.98. The molecular weight excluding hydrogens is 240 g/mol. The molecule has 0 fully saturated rings. The van der Waals surface area contributed by atoms with Crippen molar-refractivity contribution in [1.82, 2.24) is 9.78 Å². The van der Waals surface area contributed by atoms with Gasteiger partial charge in [-0.3, -0.25) is 4.68 Å². The predicted molar refractivity (Wildman–Crippen MR) is 74.0 cm³/mol. The average molecular weight is 260 g/mol. The Kier molecular flexibility index (Phi) is 4.22. The summed E-state index contributed by atoms with van der Waals surface area (Å²) < 4.78 is 7.66. The fraction of sp³-hybridized carbons (Fsp3) is 0.400. The van der Waals surface area contributed by atoms with Crippen LogP contribution in [0.3, 0.4) is 0 Å². The summed E-state index contributed by atoms with van der Waals surface area (Å²) in [6.45, 7) is 7.17. The van der Waals surface area contributed by atoms with Gasteiger partial charge in [0.15, 0.2) is 0 Å². The molecule has 0 aliphatic heterocycles. The molecule has 4 heteroatoms. The van der Waals surface area contributed by atoms with Crippen LogP contribution in [0.4, 0.5) is 0 Å². The van der Waals surface area contributed by atoms with Gasteiger partial charge in [0, 0.05) is 18.3 Å². The van der Waals surface area contributed by atoms with E-state index in [9.17, 15) is 5.11 Å². The molecule has 2 rings (SSSR count). The van der Waals surface area contributed by atoms with E-state index in [0.29, 0.717) is 6.61 Å². The van der Waals surface area contributed by atoms with Crippen molar-refractivity contribution in [3.63, 3.8) is 0 Å². The fourth-order valence-corrected chi connectivity index (χ4v) is 1.91. The number of ether oxygens (including phenoxy) is 1. The van der Waals surface area contributed by atoms with Gasteiger partial charge in [0.25, 0.3) is 0 Å². The van der Waals surface area contributed by atoms with E-state index in [4.69, 9.17) is 4.74 Å². The van der Waals surface area contributed by atoms with Crippen molar-refractivity contribution in [1.29, 1.82) is 0 Å². The highest BCUT2D eigenvalue weighted by Crippen LogP contribution is 2.23. The van der Waals surface area contributed by atoms with E-state index < -0.39 is 6.10 Å². The lowest BCUT2D eigenvalue weighted by atomic mass is 10.1. The minimum absolute atomic E-state index is 0.449. The van der Waals surface area contributed by atoms with Gasteiger partial charge < -0.3 is 9.84 Å². The molecule has 1 aromatic heterocycles. The molecule has 1 heterocycles. The van der Waals surface area contributed by atoms with Crippen molar-refractivity contribution >= 4 is 0 Å². The van der Waals surface area contributed by atoms with Crippen LogP contribution in [0.5, 0.6) is 5.75 Å². The van der Waals surface area contributed by atoms with Gasteiger partial charge in [-0.25, -0.2) is 0 Å². The Bertz CT molecular complexity index is 547. The second-order valence-electron chi connectivity index (χ2n) is 4.69. The van der Waals surface area contributed by atoms with Crippen molar-refractivity contribution in [2.24, 2.45) is 0 Å². The number of aliphatic hydroxyl groups is 1. The zero-order valence-corrected chi connectivity index (χ0v) is 11.6. The molecule has 2 aromatic rings. The SMILES string of the molecule is CCn1cc(COc2ccc([C@@H](C)O)cc2C)cn1. The van der Waals surface area contributed by atoms with Crippen LogP contribution in [0.2, 0.25) is 0 Å². The van der Waals surface area contributed by atoms with Crippen LogP contribution in [-0.4, -0.2) is 14.9 Å². The van der Waals surface area contributed by atoms with Crippen molar-refractivity contribution in [3.8, 4) is 5.75 Å². The lowest BCUT2D eigenvalue weighted by Gasteiger charge is -2.11. The van der Waals surface area contributed by atoms with Crippen LogP contribution in [0, 0.1) is 6.92 Å². The third-order valence-corrected chi connectivity index (χ3v) is 3.09. The Balaban J connectivity index is 2.03. The third kappa shape index (κ3) is 3.35. The molecule has 1 aromatic carbocycles. The lowest BCUT2D eigenvalue weighted by molar-refractivity contribution is 0.199. The first kappa shape index (κ1) is 13.6. The highest BCUT2D eigenvalue weighted by Gasteiger charge is 2.06. The molecule has 0 radical (unpaired) electrons. The van der Waals surface area contributed by atoms with Gasteiger partial charge >= 0.3 is 0 Å². The number of nitrogens with zero attached hydrogens (tertiary/aromatic N) is 2. The number of hydrogen-bond donors (Lipinski definition) is 1. The summed E-state index contributed by atoms with van der Waals surface area (Å²) in [5, 5.41) is 13.7. The Morgan fingerprint density at radius 3 is 2.79 bits per heavy atom. The summed E-state index contributed by atoms with van der Waals surface area (Å²) >= 11 is 0. The summed E-state index contributed by atoms with van der Waals surface area (Å²) in [4.78, 5) is 0. The summed E-state index contributed by atoms with van der Waals surface area (Å²) in [7, 11) is 0. The zero-order chi connectivity index (χ0) is 13.8. The molecule has 1 atom stereocenters. The van der Waals surface area contributed by atoms with Gasteiger partial charge in [0.05, 0.1) is 12.3 Å². The molecule has 4 nitrogen and oxygen atoms in total. The summed E-state index contributed by atoms with van der Waals surface area (Å²) in [5.41, 5.74) is 2.99. The van der Waals surface area contributed by atoms with Crippen LogP contribution < -0.4 is 4.74 Å². The fourth-order valence-electron chi connectivity index (χ4n) is 1.91. The third-order valence-electron chi connectivity index (χ3n) is 3.09. The van der Waals surface area contributed by atoms with Crippen LogP contribution in [0.25, 0.3) is 0 Å². The predicted octanol–water partition coefficient (Wildman–Crippen LogP) is 2.84. The molecular formula is C15H20N2O2. The van der Waals surface area contributed by atoms with E-state index in [0.717, 1.165) is 29.0 Å². The first-order valence-electron chi connectivity index (χ1n) is 6.53. The zero-order valence-electron chi connectivity index (χ0n) is 11.6. The second kappa shape index (κ2) is 5.89. The molecule has 0 saturated carbocycles. The van der Waals surface area contributed by atoms with Gasteiger partial charge in [0.2, 0.25) is 0 Å². The smallest absolute Gasteiger partial charge is 0.122 e. The van der Waals surface area contributed by atoms with E-state index in [2.05, 4.69) is 12.0 Å². The summed E-state index contributed by atoms with van der Waals surface area (Å²) in [6.07, 6.45) is 3.36. The number of hydrogen-bond acceptors (Lipinski definition) is 3. The Hall–Kier alpha value is -1.81. The normalized spacial score (nSPS) is 12.4. The largest absolute Gasteiger partial charge is 0.489 e. The molecule has 102 valence electrons. The van der Waals surface area contributed by atoms with Gasteiger partial charge in [-0.05, 0) is 44.0 Å². The molecule has 0 spiro atoms. The molecule has 1 N–H and O–H groups in total. The van der Waals surface area contributed by atoms with E-state index in [1.807, 2.05) is 42.2 Å². The average Bonchev–Trinajstić information content (AvgIpc) is 2.85. The van der Waals surface area contributed by atoms with Crippen LogP contribution in [0.15, 0.2) is 30.6 Å². The molecule has 19 heavy (non-hydrogen) atoms. The Morgan fingerprint density at radius 1 is 1.42 bits per heavy atom. The highest BCUT2D eigenvalue weighted by molar-refractivity contribution is 5.37. The monoisotopic (exact) mass is 260 g/mol. The molecule has 0 aliphatic carbocycles. The van der Waals surface area contributed by atoms with Gasteiger partial charge in [-0.1, -0.05) is 6.07 Å². The topological polar surface area (TPSA) is 47.3 Å². The maximum Gasteiger partial charge on any atom is 0.122 e. The molecule has 0 unspecified atom stereocenters. The standard InChI is InChI=1S/C15H20N2O2/c1-4-17-9-13(8-16-17)10-19-15-6-5-14(12(3)18)7-11(15)2/h5-9,12,18H,4,10H2,1-3H3/t12-/m1/s1. The Labute approximate surface area is 113 Å². The molecule has 0 bridgehead atoms. The maximum absolute atomic E-state index is 9.53. The van der Waals surface area contributed by atoms with Crippen molar-refractivity contribution in [2.45, 2.75) is 40.0 Å². The number of aliphatic hydroxyl groups excluding tert-OH is 1. The first-order valence-corrected chi connectivity index (χ1v) is 6.53. The first-order chi connectivity index (χ1) is 9.10. The van der Waals surface area contributed by atoms with E-state index in [-0.39, 0.29) is 0 Å². The van der Waals surface area contributed by atoms with E-state index in [1.165, 1.54) is 0 Å². The van der Waals surface area contributed by atoms with Gasteiger partial charge in [-0.2, -0.15) is 5.10 Å². The van der Waals surface area contributed by atoms with Gasteiger partial charge in [0.1, 0.15) is 12.4 Å². The summed E-state index contributed by atoms with van der Waals surface area (Å²) in [6, 6.07) is 5.75. The van der Waals surface area contributed by atoms with Crippen LogP contribution >= 0.6 is 0 Å². The van der Waals surface area contributed by atoms with Gasteiger partial charge in [-0.15, -0.1) is 0 Å². The van der Waals surface area contributed by atoms with Crippen molar-refractivity contribution in [3.05, 3.63) is 47.3 Å². The maximum atomic E-state index is 9.53. The Morgan fingerprint density at radius 2 is 2.21 bits per heavy atom. The second-order valence-corrected chi connectivity index (χ2v) is 4.69. The van der Waals surface area contributed by atoms with Crippen LogP contribution in [-0.2, 0) is 13.2 Å². The molecule has 0 amide bonds. The summed E-state index contributed by atoms with van der Waals surface area (Å²) in [5.74, 6) is 0.841. The number of rotatable bonds is 5. The molecule has 0 saturated heterocycles. The minimum Gasteiger partial charge on any atom is -0.489 e. The van der Waals surface area contributed by atoms with Crippen molar-refractivity contribution < 1.29 is 9.84 Å². The van der Waals surface area contributed by atoms with E-state index >= 15 is 0 Å². The number of benzene rings is 1. The number of aryl methyl sites for hydroxylation is 2. The molecule has 0 aliphatic rings. The van der Waals surface area contributed by atoms with E-state index in [1.54, 1.807) is 6.92 Å². The number of aromatic nitrogens is 2. The van der Waals surface area contributed by atoms with Crippen LogP contribution in [0.1, 0.15) is 36.6 Å². The highest BCUT2D eigenvalue weighted by atomic mass is 16.5. The minimum atomic E-state index is -0.449.